The topological polar surface area (TPSA) is 47.6 Å². The van der Waals surface area contributed by atoms with Crippen molar-refractivity contribution in [3.05, 3.63) is 18.2 Å². The van der Waals surface area contributed by atoms with E-state index in [4.69, 9.17) is 21.1 Å². The summed E-state index contributed by atoms with van der Waals surface area (Å²) in [4.78, 5) is 11.4. The van der Waals surface area contributed by atoms with Crippen molar-refractivity contribution in [3.63, 3.8) is 0 Å². The van der Waals surface area contributed by atoms with Gasteiger partial charge in [0.05, 0.1) is 14.2 Å². The largest absolute Gasteiger partial charge is 0.497 e. The van der Waals surface area contributed by atoms with Gasteiger partial charge in [-0.15, -0.1) is 11.6 Å². The minimum Gasteiger partial charge on any atom is -0.497 e. The molecule has 5 heteroatoms. The van der Waals surface area contributed by atoms with Crippen LogP contribution in [0.15, 0.2) is 18.2 Å². The molecule has 1 aromatic rings. The number of nitrogens with one attached hydrogen (secondary N) is 1. The van der Waals surface area contributed by atoms with Gasteiger partial charge >= 0.3 is 0 Å². The SMILES string of the molecule is COc1cc(NC(=O)C(C)Cl)cc(OC)c1. The van der Waals surface area contributed by atoms with E-state index in [9.17, 15) is 4.79 Å². The van der Waals surface area contributed by atoms with Gasteiger partial charge in [-0.05, 0) is 6.92 Å². The van der Waals surface area contributed by atoms with E-state index in [-0.39, 0.29) is 5.91 Å². The van der Waals surface area contributed by atoms with Crippen LogP contribution in [0.3, 0.4) is 0 Å². The first-order valence-electron chi connectivity index (χ1n) is 4.75. The van der Waals surface area contributed by atoms with E-state index < -0.39 is 5.38 Å². The van der Waals surface area contributed by atoms with Crippen molar-refractivity contribution < 1.29 is 14.3 Å². The second-order valence-corrected chi connectivity index (χ2v) is 3.86. The Hall–Kier alpha value is -1.42. The summed E-state index contributed by atoms with van der Waals surface area (Å²) in [6.07, 6.45) is 0. The Labute approximate surface area is 99.5 Å². The summed E-state index contributed by atoms with van der Waals surface area (Å²) in [6.45, 7) is 1.61. The highest BCUT2D eigenvalue weighted by Crippen LogP contribution is 2.25. The summed E-state index contributed by atoms with van der Waals surface area (Å²) in [7, 11) is 3.09. The van der Waals surface area contributed by atoms with Gasteiger partial charge in [-0.3, -0.25) is 4.79 Å². The number of amides is 1. The van der Waals surface area contributed by atoms with Gasteiger partial charge in [0.25, 0.3) is 0 Å². The second kappa shape index (κ2) is 5.61. The molecule has 1 atom stereocenters. The number of anilines is 1. The van der Waals surface area contributed by atoms with E-state index in [1.165, 1.54) is 0 Å². The van der Waals surface area contributed by atoms with Crippen molar-refractivity contribution in [1.29, 1.82) is 0 Å². The van der Waals surface area contributed by atoms with E-state index in [1.807, 2.05) is 0 Å². The van der Waals surface area contributed by atoms with Gasteiger partial charge in [-0.2, -0.15) is 0 Å². The molecule has 1 rings (SSSR count). The van der Waals surface area contributed by atoms with Crippen molar-refractivity contribution in [2.24, 2.45) is 0 Å². The lowest BCUT2D eigenvalue weighted by atomic mass is 10.2. The maximum Gasteiger partial charge on any atom is 0.242 e. The Kier molecular flexibility index (Phi) is 4.43. The predicted molar refractivity (Wildman–Crippen MR) is 63.5 cm³/mol. The molecule has 0 saturated carbocycles. The number of carbonyl (C=O) groups excluding carboxylic acids is 1. The van der Waals surface area contributed by atoms with Gasteiger partial charge in [-0.1, -0.05) is 0 Å². The highest BCUT2D eigenvalue weighted by atomic mass is 35.5. The average molecular weight is 244 g/mol. The summed E-state index contributed by atoms with van der Waals surface area (Å²) < 4.78 is 10.2. The van der Waals surface area contributed by atoms with Gasteiger partial charge in [-0.25, -0.2) is 0 Å². The van der Waals surface area contributed by atoms with Crippen molar-refractivity contribution in [3.8, 4) is 11.5 Å². The van der Waals surface area contributed by atoms with Crippen molar-refractivity contribution in [2.45, 2.75) is 12.3 Å². The summed E-state index contributed by atoms with van der Waals surface area (Å²) in [5.74, 6) is 0.950. The molecule has 16 heavy (non-hydrogen) atoms. The third-order valence-electron chi connectivity index (χ3n) is 1.98. The van der Waals surface area contributed by atoms with Crippen LogP contribution >= 0.6 is 11.6 Å². The highest BCUT2D eigenvalue weighted by molar-refractivity contribution is 6.32. The summed E-state index contributed by atoms with van der Waals surface area (Å²) in [5, 5.41) is 2.07. The van der Waals surface area contributed by atoms with Crippen LogP contribution in [0.1, 0.15) is 6.92 Å². The van der Waals surface area contributed by atoms with E-state index >= 15 is 0 Å². The number of rotatable bonds is 4. The molecule has 1 N–H and O–H groups in total. The summed E-state index contributed by atoms with van der Waals surface area (Å²) in [6, 6.07) is 5.11. The van der Waals surface area contributed by atoms with Crippen LogP contribution in [0.25, 0.3) is 0 Å². The van der Waals surface area contributed by atoms with Gasteiger partial charge in [0, 0.05) is 23.9 Å². The number of alkyl halides is 1. The van der Waals surface area contributed by atoms with E-state index in [0.29, 0.717) is 17.2 Å². The fourth-order valence-electron chi connectivity index (χ4n) is 1.12. The van der Waals surface area contributed by atoms with E-state index in [2.05, 4.69) is 5.32 Å². The molecule has 0 aliphatic carbocycles. The number of benzene rings is 1. The maximum atomic E-state index is 11.4. The van der Waals surface area contributed by atoms with Crippen molar-refractivity contribution in [2.75, 3.05) is 19.5 Å². The standard InChI is InChI=1S/C11H14ClNO3/c1-7(12)11(14)13-8-4-9(15-2)6-10(5-8)16-3/h4-7H,1-3H3,(H,13,14). The number of ether oxygens (including phenoxy) is 2. The Bertz CT molecular complexity index is 357. The van der Waals surface area contributed by atoms with Crippen LogP contribution in [0, 0.1) is 0 Å². The zero-order chi connectivity index (χ0) is 12.1. The Morgan fingerprint density at radius 1 is 1.25 bits per heavy atom. The number of hydrogen-bond acceptors (Lipinski definition) is 3. The van der Waals surface area contributed by atoms with E-state index in [1.54, 1.807) is 39.3 Å². The molecular weight excluding hydrogens is 230 g/mol. The van der Waals surface area contributed by atoms with E-state index in [0.717, 1.165) is 0 Å². The summed E-state index contributed by atoms with van der Waals surface area (Å²) in [5.41, 5.74) is 0.591. The molecule has 1 aromatic carbocycles. The Morgan fingerprint density at radius 3 is 2.12 bits per heavy atom. The third-order valence-corrected chi connectivity index (χ3v) is 2.18. The first-order valence-corrected chi connectivity index (χ1v) is 5.18. The molecule has 0 saturated heterocycles. The van der Waals surface area contributed by atoms with Gasteiger partial charge in [0.2, 0.25) is 5.91 Å². The van der Waals surface area contributed by atoms with Crippen LogP contribution in [-0.4, -0.2) is 25.5 Å². The van der Waals surface area contributed by atoms with Crippen molar-refractivity contribution >= 4 is 23.2 Å². The molecule has 0 aliphatic rings. The number of carbonyl (C=O) groups is 1. The number of hydrogen-bond donors (Lipinski definition) is 1. The van der Waals surface area contributed by atoms with Crippen LogP contribution in [-0.2, 0) is 4.79 Å². The highest BCUT2D eigenvalue weighted by Gasteiger charge is 2.10. The quantitative estimate of drug-likeness (QED) is 0.826. The molecule has 0 bridgehead atoms. The van der Waals surface area contributed by atoms with Gasteiger partial charge in [0.15, 0.2) is 0 Å². The lowest BCUT2D eigenvalue weighted by Crippen LogP contribution is -2.20. The molecule has 4 nitrogen and oxygen atoms in total. The predicted octanol–water partition coefficient (Wildman–Crippen LogP) is 2.27. The molecule has 0 heterocycles. The van der Waals surface area contributed by atoms with Crippen LogP contribution in [0.4, 0.5) is 5.69 Å². The lowest BCUT2D eigenvalue weighted by Gasteiger charge is -2.10. The molecule has 0 aliphatic heterocycles. The fourth-order valence-corrected chi connectivity index (χ4v) is 1.18. The summed E-state index contributed by atoms with van der Waals surface area (Å²) >= 11 is 5.65. The van der Waals surface area contributed by atoms with Crippen LogP contribution < -0.4 is 14.8 Å². The monoisotopic (exact) mass is 243 g/mol. The molecule has 88 valence electrons. The zero-order valence-corrected chi connectivity index (χ0v) is 10.2. The molecule has 1 unspecified atom stereocenters. The number of methoxy groups -OCH3 is 2. The third kappa shape index (κ3) is 3.31. The Balaban J connectivity index is 2.91. The normalized spacial score (nSPS) is 11.8. The van der Waals surface area contributed by atoms with Gasteiger partial charge in [0.1, 0.15) is 16.9 Å². The number of halogens is 1. The first kappa shape index (κ1) is 12.6. The molecular formula is C11H14ClNO3. The lowest BCUT2D eigenvalue weighted by molar-refractivity contribution is -0.115. The average Bonchev–Trinajstić information content (AvgIpc) is 2.28. The molecule has 0 aromatic heterocycles. The van der Waals surface area contributed by atoms with Crippen LogP contribution in [0.5, 0.6) is 11.5 Å². The molecule has 1 amide bonds. The van der Waals surface area contributed by atoms with Crippen molar-refractivity contribution in [1.82, 2.24) is 0 Å². The Morgan fingerprint density at radius 2 is 1.75 bits per heavy atom. The fraction of sp³-hybridized carbons (Fsp3) is 0.364. The smallest absolute Gasteiger partial charge is 0.242 e. The second-order valence-electron chi connectivity index (χ2n) is 3.21. The molecule has 0 fully saturated rings. The van der Waals surface area contributed by atoms with Crippen LogP contribution in [0.2, 0.25) is 0 Å². The zero-order valence-electron chi connectivity index (χ0n) is 9.41. The maximum absolute atomic E-state index is 11.4. The minimum absolute atomic E-state index is 0.267. The van der Waals surface area contributed by atoms with Gasteiger partial charge < -0.3 is 14.8 Å². The first-order chi connectivity index (χ1) is 7.56. The molecule has 0 radical (unpaired) electrons. The molecule has 0 spiro atoms. The minimum atomic E-state index is -0.586.